The molecule has 230 valence electrons. The third kappa shape index (κ3) is 6.94. The summed E-state index contributed by atoms with van der Waals surface area (Å²) in [4.78, 5) is 66.4. The first-order chi connectivity index (χ1) is 20.3. The van der Waals surface area contributed by atoms with Crippen LogP contribution in [0.15, 0.2) is 33.0 Å². The van der Waals surface area contributed by atoms with Crippen LogP contribution in [0.1, 0.15) is 19.0 Å². The molecule has 0 radical (unpaired) electrons. The van der Waals surface area contributed by atoms with E-state index in [2.05, 4.69) is 20.4 Å². The Morgan fingerprint density at radius 1 is 1.33 bits per heavy atom. The minimum atomic E-state index is -1.26. The molecule has 2 aromatic heterocycles. The van der Waals surface area contributed by atoms with E-state index >= 15 is 0 Å². The Balaban J connectivity index is 1.51. The predicted molar refractivity (Wildman–Crippen MR) is 160 cm³/mol. The molecule has 1 fully saturated rings. The van der Waals surface area contributed by atoms with Crippen LogP contribution in [-0.4, -0.2) is 97.7 Å². The number of fused-ring (bicyclic) bond motifs is 1. The fourth-order valence-electron chi connectivity index (χ4n) is 4.29. The lowest BCUT2D eigenvalue weighted by Gasteiger charge is -2.49. The van der Waals surface area contributed by atoms with Gasteiger partial charge in [0.2, 0.25) is 11.6 Å². The van der Waals surface area contributed by atoms with E-state index in [0.717, 1.165) is 17.2 Å². The molecule has 2 aromatic rings. The maximum atomic E-state index is 13.2. The summed E-state index contributed by atoms with van der Waals surface area (Å²) in [6, 6.07) is 0.678. The summed E-state index contributed by atoms with van der Waals surface area (Å²) >= 11 is 3.66. The number of thioether (sulfide) groups is 2. The minimum Gasteiger partial charge on any atom is -0.481 e. The van der Waals surface area contributed by atoms with Crippen molar-refractivity contribution in [3.63, 3.8) is 0 Å². The van der Waals surface area contributed by atoms with Crippen LogP contribution < -0.4 is 26.3 Å². The highest BCUT2D eigenvalue weighted by molar-refractivity contribution is 8.01. The van der Waals surface area contributed by atoms with Crippen molar-refractivity contribution in [2.75, 3.05) is 42.0 Å². The van der Waals surface area contributed by atoms with Gasteiger partial charge in [-0.05, 0) is 24.3 Å². The molecule has 1 saturated heterocycles. The number of nitrogens with two attached hydrogens (primary N) is 2. The van der Waals surface area contributed by atoms with E-state index in [0.29, 0.717) is 22.3 Å². The Hall–Kier alpha value is -4.10. The summed E-state index contributed by atoms with van der Waals surface area (Å²) in [6.45, 7) is 1.47. The van der Waals surface area contributed by atoms with Gasteiger partial charge in [0.1, 0.15) is 28.9 Å². The second-order valence-electron chi connectivity index (χ2n) is 9.71. The number of hydrogen-bond acceptors (Lipinski definition) is 14. The monoisotopic (exact) mass is 652 g/mol. The molecule has 7 N–H and O–H groups in total. The van der Waals surface area contributed by atoms with Crippen molar-refractivity contribution in [1.82, 2.24) is 20.2 Å². The van der Waals surface area contributed by atoms with E-state index in [4.69, 9.17) is 21.4 Å². The molecule has 0 aliphatic carbocycles. The maximum absolute atomic E-state index is 13.2. The molecule has 4 heterocycles. The molecule has 19 heteroatoms. The smallest absolute Gasteiger partial charge is 0.352 e. The van der Waals surface area contributed by atoms with Crippen molar-refractivity contribution in [1.29, 1.82) is 0 Å². The van der Waals surface area contributed by atoms with Gasteiger partial charge in [0.05, 0.1) is 33.6 Å². The number of aromatic nitrogens is 3. The Labute approximate surface area is 258 Å². The molecule has 0 aromatic carbocycles. The second-order valence-corrected chi connectivity index (χ2v) is 12.6. The van der Waals surface area contributed by atoms with E-state index in [1.54, 1.807) is 6.07 Å². The predicted octanol–water partition coefficient (Wildman–Crippen LogP) is -0.292. The first kappa shape index (κ1) is 31.8. The molecule has 2 unspecified atom stereocenters. The number of carbonyl (C=O) groups is 4. The molecule has 0 bridgehead atoms. The van der Waals surface area contributed by atoms with Crippen LogP contribution in [0, 0.1) is 0 Å². The van der Waals surface area contributed by atoms with E-state index in [1.807, 2.05) is 30.6 Å². The van der Waals surface area contributed by atoms with Gasteiger partial charge in [-0.1, -0.05) is 10.1 Å². The number of carboxylic acid groups (broad SMARTS) is 2. The Morgan fingerprint density at radius 3 is 2.65 bits per heavy atom. The molecule has 2 aliphatic rings. The van der Waals surface area contributed by atoms with E-state index in [9.17, 15) is 24.3 Å². The minimum absolute atomic E-state index is 0.0774. The molecule has 0 spiro atoms. The van der Waals surface area contributed by atoms with Crippen molar-refractivity contribution in [3.05, 3.63) is 28.4 Å². The molecular formula is C24H30N9O7S3+. The lowest BCUT2D eigenvalue weighted by molar-refractivity contribution is -0.700. The topological polar surface area (TPSA) is 231 Å². The average Bonchev–Trinajstić information content (AvgIpc) is 3.36. The molecular weight excluding hydrogens is 623 g/mol. The van der Waals surface area contributed by atoms with Crippen LogP contribution in [0.5, 0.6) is 0 Å². The lowest BCUT2D eigenvalue weighted by atomic mass is 10.0. The standard InChI is InChI=1S/C24H29N9O7S3/c1-10(5-15(34)35)40-30-16(12-9-42-23(26)27-12)19(36)29-17-20(37)33-18(22(38)39)11(7-41-21(17)33)8-43-24-28-13(25)6-14(31(2)3)32(24)4/h6,9-10,17,21,25H,5,7-8H2,1-4H3,(H5,26,27,29,34,35,36,38,39)/p+1/b30-16-/t10?,17?,21-/m1/s1. The number of hydrogen-bond donors (Lipinski definition) is 5. The summed E-state index contributed by atoms with van der Waals surface area (Å²) in [7, 11) is 5.56. The summed E-state index contributed by atoms with van der Waals surface area (Å²) in [5.74, 6) is -2.14. The van der Waals surface area contributed by atoms with Gasteiger partial charge in [-0.2, -0.15) is 0 Å². The van der Waals surface area contributed by atoms with Gasteiger partial charge in [-0.15, -0.1) is 23.1 Å². The number of oxime groups is 1. The van der Waals surface area contributed by atoms with Crippen molar-refractivity contribution in [2.24, 2.45) is 12.2 Å². The summed E-state index contributed by atoms with van der Waals surface area (Å²) in [5.41, 5.74) is 11.8. The second kappa shape index (κ2) is 13.0. The summed E-state index contributed by atoms with van der Waals surface area (Å²) < 4.78 is 1.84. The van der Waals surface area contributed by atoms with Crippen molar-refractivity contribution < 1.29 is 38.8 Å². The Bertz CT molecular complexity index is 1530. The lowest BCUT2D eigenvalue weighted by Crippen LogP contribution is -2.71. The van der Waals surface area contributed by atoms with Gasteiger partial charge < -0.3 is 31.8 Å². The van der Waals surface area contributed by atoms with Crippen LogP contribution in [0.3, 0.4) is 0 Å². The number of nitrogens with one attached hydrogen (secondary N) is 1. The van der Waals surface area contributed by atoms with Crippen LogP contribution in [0.2, 0.25) is 0 Å². The zero-order chi connectivity index (χ0) is 31.6. The first-order valence-electron chi connectivity index (χ1n) is 12.6. The SMILES string of the molecule is CC(CC(=O)O)O/N=C(\C(=O)NC1C(=O)N2C(C(=O)O)=C(CSc3nc(N)cc(N(C)C)[n+]3C)CS[C@H]12)c1csc(N)n1. The number of thiazole rings is 1. The fraction of sp³-hybridized carbons (Fsp3) is 0.417. The molecule has 4 rings (SSSR count). The number of nitrogen functional groups attached to an aromatic ring is 2. The van der Waals surface area contributed by atoms with Crippen molar-refractivity contribution in [3.8, 4) is 0 Å². The van der Waals surface area contributed by atoms with Gasteiger partial charge >= 0.3 is 17.1 Å². The number of β-lactam (4-membered cyclic amide) rings is 1. The van der Waals surface area contributed by atoms with Crippen molar-refractivity contribution in [2.45, 2.75) is 36.0 Å². The third-order valence-corrected chi connectivity index (χ3v) is 9.40. The fourth-order valence-corrected chi connectivity index (χ4v) is 7.31. The van der Waals surface area contributed by atoms with Gasteiger partial charge in [-0.3, -0.25) is 24.2 Å². The first-order valence-corrected chi connectivity index (χ1v) is 15.5. The number of carbonyl (C=O) groups excluding carboxylic acids is 2. The maximum Gasteiger partial charge on any atom is 0.352 e. The molecule has 43 heavy (non-hydrogen) atoms. The van der Waals surface area contributed by atoms with Gasteiger partial charge in [0.25, 0.3) is 11.8 Å². The number of amides is 2. The van der Waals surface area contributed by atoms with Gasteiger partial charge in [0, 0.05) is 16.9 Å². The van der Waals surface area contributed by atoms with Crippen LogP contribution in [0.25, 0.3) is 0 Å². The molecule has 2 amide bonds. The zero-order valence-corrected chi connectivity index (χ0v) is 26.0. The number of anilines is 3. The van der Waals surface area contributed by atoms with Crippen LogP contribution >= 0.6 is 34.9 Å². The zero-order valence-electron chi connectivity index (χ0n) is 23.5. The van der Waals surface area contributed by atoms with Crippen LogP contribution in [-0.2, 0) is 31.1 Å². The number of carboxylic acids is 2. The van der Waals surface area contributed by atoms with Crippen molar-refractivity contribution >= 4 is 81.1 Å². The van der Waals surface area contributed by atoms with E-state index in [-0.39, 0.29) is 34.4 Å². The Morgan fingerprint density at radius 2 is 2.05 bits per heavy atom. The highest BCUT2D eigenvalue weighted by atomic mass is 32.2. The number of nitrogens with zero attached hydrogens (tertiary/aromatic N) is 6. The number of rotatable bonds is 12. The molecule has 2 aliphatic heterocycles. The molecule has 16 nitrogen and oxygen atoms in total. The quantitative estimate of drug-likeness (QED) is 0.0495. The summed E-state index contributed by atoms with van der Waals surface area (Å²) in [6.07, 6.45) is -1.22. The molecule has 0 saturated carbocycles. The Kier molecular flexibility index (Phi) is 9.65. The van der Waals surface area contributed by atoms with E-state index in [1.165, 1.54) is 40.7 Å². The summed E-state index contributed by atoms with van der Waals surface area (Å²) in [5, 5.41) is 26.9. The van der Waals surface area contributed by atoms with Gasteiger partial charge in [-0.25, -0.2) is 14.3 Å². The van der Waals surface area contributed by atoms with Gasteiger partial charge in [0.15, 0.2) is 10.8 Å². The highest BCUT2D eigenvalue weighted by Gasteiger charge is 2.54. The normalized spacial score (nSPS) is 18.9. The average molecular weight is 653 g/mol. The third-order valence-electron chi connectivity index (χ3n) is 6.27. The largest absolute Gasteiger partial charge is 0.481 e. The highest BCUT2D eigenvalue weighted by Crippen LogP contribution is 2.41. The van der Waals surface area contributed by atoms with E-state index < -0.39 is 41.3 Å². The van der Waals surface area contributed by atoms with Crippen LogP contribution in [0.4, 0.5) is 16.8 Å². The molecule has 3 atom stereocenters. The number of aliphatic carboxylic acids is 2.